The fourth-order valence-corrected chi connectivity index (χ4v) is 5.12. The van der Waals surface area contributed by atoms with E-state index >= 15 is 0 Å². The molecule has 2 aliphatic rings. The Morgan fingerprint density at radius 3 is 2.63 bits per heavy atom. The van der Waals surface area contributed by atoms with Crippen molar-refractivity contribution >= 4 is 5.97 Å². The number of aliphatic hydroxyl groups is 1. The number of rotatable bonds is 8. The van der Waals surface area contributed by atoms with Gasteiger partial charge in [0.05, 0.1) is 6.61 Å². The number of aliphatic carboxylic acids is 1. The Hall–Kier alpha value is -2.01. The van der Waals surface area contributed by atoms with E-state index in [1.165, 1.54) is 19.3 Å². The Labute approximate surface area is 179 Å². The molecule has 0 fully saturated rings. The number of carbonyl (C=O) groups is 1. The Bertz CT molecular complexity index is 825. The van der Waals surface area contributed by atoms with E-state index in [1.54, 1.807) is 6.08 Å². The smallest absolute Gasteiger partial charge is 0.331 e. The van der Waals surface area contributed by atoms with Gasteiger partial charge in [0.2, 0.25) is 0 Å². The highest BCUT2D eigenvalue weighted by Gasteiger charge is 2.49. The maximum absolute atomic E-state index is 11.6. The van der Waals surface area contributed by atoms with Crippen LogP contribution in [-0.2, 0) is 10.2 Å². The summed E-state index contributed by atoms with van der Waals surface area (Å²) in [6, 6.07) is 3.83. The van der Waals surface area contributed by atoms with Crippen LogP contribution in [-0.4, -0.2) is 33.5 Å². The average molecular weight is 417 g/mol. The van der Waals surface area contributed by atoms with Crippen molar-refractivity contribution in [1.29, 1.82) is 0 Å². The van der Waals surface area contributed by atoms with Gasteiger partial charge in [0.15, 0.2) is 0 Å². The number of benzene rings is 1. The molecular weight excluding hydrogens is 380 g/mol. The molecule has 0 unspecified atom stereocenters. The minimum atomic E-state index is -0.920. The second-order valence-corrected chi connectivity index (χ2v) is 9.86. The molecule has 5 heteroatoms. The summed E-state index contributed by atoms with van der Waals surface area (Å²) >= 11 is 0. The lowest BCUT2D eigenvalue weighted by molar-refractivity contribution is -0.133. The number of phenols is 1. The second kappa shape index (κ2) is 8.62. The number of unbranched alkanes of at least 4 members (excludes halogenated alkanes) is 3. The van der Waals surface area contributed by atoms with Gasteiger partial charge in [-0.1, -0.05) is 52.5 Å². The third-order valence-electron chi connectivity index (χ3n) is 7.19. The maximum Gasteiger partial charge on any atom is 0.331 e. The SMILES string of the molecule is CCCCCCC(C)(C)c1cc(O)c2c(c1)O[C@](C)(CO)[C@@H]1CC=C(C(=O)O)C[C@@H]21. The molecule has 0 saturated heterocycles. The first kappa shape index (κ1) is 22.7. The number of allylic oxidation sites excluding steroid dienone is 1. The summed E-state index contributed by atoms with van der Waals surface area (Å²) in [5.74, 6) is -0.445. The highest BCUT2D eigenvalue weighted by atomic mass is 16.5. The predicted octanol–water partition coefficient (Wildman–Crippen LogP) is 5.29. The number of carboxylic acid groups (broad SMARTS) is 1. The summed E-state index contributed by atoms with van der Waals surface area (Å²) in [7, 11) is 0. The highest BCUT2D eigenvalue weighted by Crippen LogP contribution is 2.55. The van der Waals surface area contributed by atoms with E-state index in [4.69, 9.17) is 4.74 Å². The number of hydrogen-bond donors (Lipinski definition) is 3. The van der Waals surface area contributed by atoms with Crippen molar-refractivity contribution in [3.05, 3.63) is 34.9 Å². The van der Waals surface area contributed by atoms with Crippen LogP contribution in [0.4, 0.5) is 0 Å². The standard InChI is InChI=1S/C25H36O5/c1-5-6-7-8-11-24(2,3)17-13-20(27)22-18-12-16(23(28)29)9-10-19(18)25(4,15-26)30-21(22)14-17/h9,13-14,18-19,26-27H,5-8,10-12,15H2,1-4H3,(H,28,29)/t18-,19-,25-/m1/s1. The molecule has 0 aromatic heterocycles. The topological polar surface area (TPSA) is 87.0 Å². The molecule has 3 rings (SSSR count). The summed E-state index contributed by atoms with van der Waals surface area (Å²) in [6.07, 6.45) is 8.34. The van der Waals surface area contributed by atoms with Gasteiger partial charge in [-0.15, -0.1) is 0 Å². The number of aliphatic hydroxyl groups excluding tert-OH is 1. The number of hydrogen-bond acceptors (Lipinski definition) is 4. The van der Waals surface area contributed by atoms with E-state index in [0.29, 0.717) is 29.7 Å². The van der Waals surface area contributed by atoms with Crippen LogP contribution >= 0.6 is 0 Å². The molecule has 3 N–H and O–H groups in total. The van der Waals surface area contributed by atoms with Crippen molar-refractivity contribution in [2.24, 2.45) is 5.92 Å². The van der Waals surface area contributed by atoms with Crippen LogP contribution in [0.15, 0.2) is 23.8 Å². The van der Waals surface area contributed by atoms with Gasteiger partial charge in [-0.05, 0) is 49.3 Å². The first-order chi connectivity index (χ1) is 14.1. The number of aromatic hydroxyl groups is 1. The minimum Gasteiger partial charge on any atom is -0.508 e. The Balaban J connectivity index is 1.98. The summed E-state index contributed by atoms with van der Waals surface area (Å²) < 4.78 is 6.31. The van der Waals surface area contributed by atoms with Crippen LogP contribution < -0.4 is 4.74 Å². The molecule has 5 nitrogen and oxygen atoms in total. The van der Waals surface area contributed by atoms with Crippen LogP contribution in [0.1, 0.15) is 89.7 Å². The van der Waals surface area contributed by atoms with Crippen molar-refractivity contribution in [1.82, 2.24) is 0 Å². The quantitative estimate of drug-likeness (QED) is 0.501. The largest absolute Gasteiger partial charge is 0.508 e. The van der Waals surface area contributed by atoms with Gasteiger partial charge in [-0.25, -0.2) is 4.79 Å². The monoisotopic (exact) mass is 416 g/mol. The molecule has 0 spiro atoms. The molecule has 0 radical (unpaired) electrons. The Morgan fingerprint density at radius 1 is 1.27 bits per heavy atom. The van der Waals surface area contributed by atoms with Crippen molar-refractivity contribution in [3.63, 3.8) is 0 Å². The zero-order chi connectivity index (χ0) is 22.1. The molecule has 1 aromatic rings. The molecule has 1 aliphatic heterocycles. The van der Waals surface area contributed by atoms with Gasteiger partial charge < -0.3 is 20.1 Å². The van der Waals surface area contributed by atoms with Crippen LogP contribution in [0, 0.1) is 5.92 Å². The fourth-order valence-electron chi connectivity index (χ4n) is 5.12. The second-order valence-electron chi connectivity index (χ2n) is 9.86. The number of phenolic OH excluding ortho intramolecular Hbond substituents is 1. The van der Waals surface area contributed by atoms with Gasteiger partial charge >= 0.3 is 5.97 Å². The molecule has 166 valence electrons. The van der Waals surface area contributed by atoms with Crippen molar-refractivity contribution in [3.8, 4) is 11.5 Å². The van der Waals surface area contributed by atoms with Crippen molar-refractivity contribution in [2.45, 2.75) is 89.6 Å². The van der Waals surface area contributed by atoms with Crippen LogP contribution in [0.2, 0.25) is 0 Å². The lowest BCUT2D eigenvalue weighted by Gasteiger charge is -2.48. The van der Waals surface area contributed by atoms with Crippen molar-refractivity contribution in [2.75, 3.05) is 6.61 Å². The first-order valence-electron chi connectivity index (χ1n) is 11.2. The van der Waals surface area contributed by atoms with E-state index in [0.717, 1.165) is 18.4 Å². The summed E-state index contributed by atoms with van der Waals surface area (Å²) in [5.41, 5.74) is 1.13. The lowest BCUT2D eigenvalue weighted by Crippen LogP contribution is -2.50. The molecule has 1 heterocycles. The van der Waals surface area contributed by atoms with E-state index in [1.807, 2.05) is 19.1 Å². The predicted molar refractivity (Wildman–Crippen MR) is 117 cm³/mol. The van der Waals surface area contributed by atoms with Gasteiger partial charge in [-0.3, -0.25) is 0 Å². The molecule has 30 heavy (non-hydrogen) atoms. The molecule has 3 atom stereocenters. The molecular formula is C25H36O5. The van der Waals surface area contributed by atoms with Gasteiger partial charge in [-0.2, -0.15) is 0 Å². The molecule has 1 aliphatic carbocycles. The third-order valence-corrected chi connectivity index (χ3v) is 7.19. The van der Waals surface area contributed by atoms with E-state index in [9.17, 15) is 20.1 Å². The van der Waals surface area contributed by atoms with Crippen LogP contribution in [0.5, 0.6) is 11.5 Å². The third kappa shape index (κ3) is 4.22. The van der Waals surface area contributed by atoms with Gasteiger partial charge in [0.25, 0.3) is 0 Å². The summed E-state index contributed by atoms with van der Waals surface area (Å²) in [4.78, 5) is 11.6. The van der Waals surface area contributed by atoms with E-state index < -0.39 is 11.6 Å². The van der Waals surface area contributed by atoms with Crippen LogP contribution in [0.25, 0.3) is 0 Å². The average Bonchev–Trinajstić information content (AvgIpc) is 2.70. The zero-order valence-corrected chi connectivity index (χ0v) is 18.7. The van der Waals surface area contributed by atoms with E-state index in [2.05, 4.69) is 20.8 Å². The number of fused-ring (bicyclic) bond motifs is 3. The van der Waals surface area contributed by atoms with Crippen molar-refractivity contribution < 1.29 is 24.9 Å². The highest BCUT2D eigenvalue weighted by molar-refractivity contribution is 5.87. The molecule has 0 bridgehead atoms. The van der Waals surface area contributed by atoms with Gasteiger partial charge in [0, 0.05) is 23.0 Å². The summed E-state index contributed by atoms with van der Waals surface area (Å²) in [6.45, 7) is 8.29. The lowest BCUT2D eigenvalue weighted by atomic mass is 9.66. The Kier molecular flexibility index (Phi) is 6.51. The first-order valence-corrected chi connectivity index (χ1v) is 11.2. The fraction of sp³-hybridized carbons (Fsp3) is 0.640. The Morgan fingerprint density at radius 2 is 2.00 bits per heavy atom. The maximum atomic E-state index is 11.6. The van der Waals surface area contributed by atoms with E-state index in [-0.39, 0.29) is 29.6 Å². The van der Waals surface area contributed by atoms with Gasteiger partial charge in [0.1, 0.15) is 17.1 Å². The normalized spacial score (nSPS) is 25.7. The molecule has 0 amide bonds. The minimum absolute atomic E-state index is 0.0862. The summed E-state index contributed by atoms with van der Waals surface area (Å²) in [5, 5.41) is 30.6. The molecule has 0 saturated carbocycles. The molecule has 1 aromatic carbocycles. The van der Waals surface area contributed by atoms with Crippen LogP contribution in [0.3, 0.4) is 0 Å². The number of ether oxygens (including phenoxy) is 1. The zero-order valence-electron chi connectivity index (χ0n) is 18.7. The number of carboxylic acids is 1.